The molecule has 0 aromatic heterocycles. The molecule has 28 heavy (non-hydrogen) atoms. The Kier molecular flexibility index (Phi) is 5.27. The maximum atomic E-state index is 13.3. The summed E-state index contributed by atoms with van der Waals surface area (Å²) in [6.45, 7) is 0.946. The van der Waals surface area contributed by atoms with Gasteiger partial charge in [-0.3, -0.25) is 9.59 Å². The quantitative estimate of drug-likeness (QED) is 0.741. The summed E-state index contributed by atoms with van der Waals surface area (Å²) in [5.41, 5.74) is 1.73. The topological polar surface area (TPSA) is 49.9 Å². The average Bonchev–Trinajstić information content (AvgIpc) is 3.47. The van der Waals surface area contributed by atoms with E-state index in [0.717, 1.165) is 18.4 Å². The molecule has 1 saturated carbocycles. The molecule has 5 nitrogen and oxygen atoms in total. The van der Waals surface area contributed by atoms with E-state index in [9.17, 15) is 9.59 Å². The molecule has 0 N–H and O–H groups in total. The normalized spacial score (nSPS) is 19.0. The number of amides is 2. The van der Waals surface area contributed by atoms with Gasteiger partial charge in [0, 0.05) is 30.6 Å². The molecule has 1 aliphatic heterocycles. The highest BCUT2D eigenvalue weighted by Gasteiger charge is 2.42. The lowest BCUT2D eigenvalue weighted by Crippen LogP contribution is -2.38. The zero-order chi connectivity index (χ0) is 19.7. The Balaban J connectivity index is 1.53. The van der Waals surface area contributed by atoms with Crippen LogP contribution < -0.4 is 9.64 Å². The highest BCUT2D eigenvalue weighted by atomic mass is 35.5. The first-order chi connectivity index (χ1) is 13.6. The average molecular weight is 399 g/mol. The molecule has 0 radical (unpaired) electrons. The molecule has 1 unspecified atom stereocenters. The zero-order valence-electron chi connectivity index (χ0n) is 15.8. The van der Waals surface area contributed by atoms with Gasteiger partial charge in [0.15, 0.2) is 0 Å². The lowest BCUT2D eigenvalue weighted by atomic mass is 10.1. The summed E-state index contributed by atoms with van der Waals surface area (Å²) in [7, 11) is 1.56. The fraction of sp³-hybridized carbons (Fsp3) is 0.364. The van der Waals surface area contributed by atoms with E-state index in [2.05, 4.69) is 0 Å². The van der Waals surface area contributed by atoms with Crippen molar-refractivity contribution in [1.29, 1.82) is 0 Å². The molecule has 0 bridgehead atoms. The minimum absolute atomic E-state index is 0.0585. The first-order valence-corrected chi connectivity index (χ1v) is 9.93. The third-order valence-corrected chi connectivity index (χ3v) is 5.61. The molecule has 1 heterocycles. The smallest absolute Gasteiger partial charge is 0.228 e. The van der Waals surface area contributed by atoms with E-state index in [-0.39, 0.29) is 30.2 Å². The second kappa shape index (κ2) is 7.84. The van der Waals surface area contributed by atoms with Gasteiger partial charge in [-0.1, -0.05) is 41.9 Å². The van der Waals surface area contributed by atoms with Crippen LogP contribution >= 0.6 is 11.6 Å². The summed E-state index contributed by atoms with van der Waals surface area (Å²) in [6.07, 6.45) is 2.28. The summed E-state index contributed by atoms with van der Waals surface area (Å²) >= 11 is 6.12. The molecular weight excluding hydrogens is 376 g/mol. The SMILES string of the molecule is COc1ccc(Cl)cc1N1CC(C(=O)N(Cc2ccccc2)C2CC2)CC1=O. The molecule has 1 saturated heterocycles. The molecule has 4 rings (SSSR count). The van der Waals surface area contributed by atoms with E-state index >= 15 is 0 Å². The number of hydrogen-bond acceptors (Lipinski definition) is 3. The Bertz CT molecular complexity index is 883. The Morgan fingerprint density at radius 3 is 2.64 bits per heavy atom. The van der Waals surface area contributed by atoms with Gasteiger partial charge in [-0.2, -0.15) is 0 Å². The van der Waals surface area contributed by atoms with Gasteiger partial charge in [-0.15, -0.1) is 0 Å². The Hall–Kier alpha value is -2.53. The van der Waals surface area contributed by atoms with Crippen LogP contribution in [0.1, 0.15) is 24.8 Å². The van der Waals surface area contributed by atoms with E-state index in [0.29, 0.717) is 29.5 Å². The number of hydrogen-bond donors (Lipinski definition) is 0. The lowest BCUT2D eigenvalue weighted by Gasteiger charge is -2.26. The molecule has 1 aliphatic carbocycles. The zero-order valence-corrected chi connectivity index (χ0v) is 16.6. The molecule has 2 amide bonds. The number of halogens is 1. The van der Waals surface area contributed by atoms with Crippen LogP contribution in [0.15, 0.2) is 48.5 Å². The van der Waals surface area contributed by atoms with Gasteiger partial charge in [0.2, 0.25) is 11.8 Å². The van der Waals surface area contributed by atoms with Crippen LogP contribution in [0.4, 0.5) is 5.69 Å². The summed E-state index contributed by atoms with van der Waals surface area (Å²) < 4.78 is 5.38. The van der Waals surface area contributed by atoms with Crippen LogP contribution in [0, 0.1) is 5.92 Å². The van der Waals surface area contributed by atoms with Crippen molar-refractivity contribution >= 4 is 29.1 Å². The number of carbonyl (C=O) groups is 2. The summed E-state index contributed by atoms with van der Waals surface area (Å²) in [5, 5.41) is 0.530. The van der Waals surface area contributed by atoms with Gasteiger partial charge >= 0.3 is 0 Å². The van der Waals surface area contributed by atoms with Crippen molar-refractivity contribution in [2.75, 3.05) is 18.6 Å². The van der Waals surface area contributed by atoms with E-state index in [1.807, 2.05) is 35.2 Å². The van der Waals surface area contributed by atoms with Crippen molar-refractivity contribution in [3.63, 3.8) is 0 Å². The maximum Gasteiger partial charge on any atom is 0.228 e. The van der Waals surface area contributed by atoms with Crippen LogP contribution in [0.2, 0.25) is 5.02 Å². The van der Waals surface area contributed by atoms with Crippen LogP contribution in [0.25, 0.3) is 0 Å². The van der Waals surface area contributed by atoms with Gasteiger partial charge in [0.05, 0.1) is 18.7 Å². The van der Waals surface area contributed by atoms with Crippen molar-refractivity contribution in [3.8, 4) is 5.75 Å². The largest absolute Gasteiger partial charge is 0.495 e. The number of carbonyl (C=O) groups excluding carboxylic acids is 2. The third-order valence-electron chi connectivity index (χ3n) is 5.37. The first-order valence-electron chi connectivity index (χ1n) is 9.55. The molecule has 2 aromatic rings. The monoisotopic (exact) mass is 398 g/mol. The maximum absolute atomic E-state index is 13.3. The van der Waals surface area contributed by atoms with Gasteiger partial charge in [0.25, 0.3) is 0 Å². The number of nitrogens with zero attached hydrogens (tertiary/aromatic N) is 2. The number of ether oxygens (including phenoxy) is 1. The standard InChI is InChI=1S/C22H23ClN2O3/c1-28-20-10-7-17(23)12-19(20)25-14-16(11-21(25)26)22(27)24(18-8-9-18)13-15-5-3-2-4-6-15/h2-7,10,12,16,18H,8-9,11,13-14H2,1H3. The molecule has 0 spiro atoms. The molecule has 146 valence electrons. The highest BCUT2D eigenvalue weighted by molar-refractivity contribution is 6.31. The van der Waals surface area contributed by atoms with Crippen LogP contribution in [0.3, 0.4) is 0 Å². The molecular formula is C22H23ClN2O3. The number of anilines is 1. The van der Waals surface area contributed by atoms with E-state index < -0.39 is 0 Å². The van der Waals surface area contributed by atoms with Gasteiger partial charge in [0.1, 0.15) is 5.75 Å². The van der Waals surface area contributed by atoms with Gasteiger partial charge in [-0.05, 0) is 36.6 Å². The second-order valence-corrected chi connectivity index (χ2v) is 7.84. The Morgan fingerprint density at radius 2 is 1.96 bits per heavy atom. The predicted molar refractivity (Wildman–Crippen MR) is 108 cm³/mol. The Labute approximate surface area is 169 Å². The fourth-order valence-electron chi connectivity index (χ4n) is 3.77. The van der Waals surface area contributed by atoms with Gasteiger partial charge < -0.3 is 14.5 Å². The second-order valence-electron chi connectivity index (χ2n) is 7.40. The minimum atomic E-state index is -0.347. The van der Waals surface area contributed by atoms with Crippen LogP contribution in [0.5, 0.6) is 5.75 Å². The molecule has 1 atom stereocenters. The number of methoxy groups -OCH3 is 1. The van der Waals surface area contributed by atoms with Crippen molar-refractivity contribution < 1.29 is 14.3 Å². The summed E-state index contributed by atoms with van der Waals surface area (Å²) in [6, 6.07) is 15.5. The Morgan fingerprint density at radius 1 is 1.21 bits per heavy atom. The van der Waals surface area contributed by atoms with Crippen molar-refractivity contribution in [2.45, 2.75) is 31.8 Å². The summed E-state index contributed by atoms with van der Waals surface area (Å²) in [4.78, 5) is 29.5. The molecule has 6 heteroatoms. The van der Waals surface area contributed by atoms with E-state index in [1.54, 1.807) is 30.2 Å². The molecule has 2 fully saturated rings. The van der Waals surface area contributed by atoms with Crippen molar-refractivity contribution in [2.24, 2.45) is 5.92 Å². The van der Waals surface area contributed by atoms with Crippen LogP contribution in [-0.2, 0) is 16.1 Å². The number of benzene rings is 2. The summed E-state index contributed by atoms with van der Waals surface area (Å²) in [5.74, 6) is 0.215. The first kappa shape index (κ1) is 18.8. The molecule has 2 aliphatic rings. The lowest BCUT2D eigenvalue weighted by molar-refractivity contribution is -0.137. The minimum Gasteiger partial charge on any atom is -0.495 e. The predicted octanol–water partition coefficient (Wildman–Crippen LogP) is 3.89. The third kappa shape index (κ3) is 3.85. The van der Waals surface area contributed by atoms with Gasteiger partial charge in [-0.25, -0.2) is 0 Å². The van der Waals surface area contributed by atoms with Crippen molar-refractivity contribution in [3.05, 3.63) is 59.1 Å². The van der Waals surface area contributed by atoms with E-state index in [4.69, 9.17) is 16.3 Å². The highest BCUT2D eigenvalue weighted by Crippen LogP contribution is 2.37. The van der Waals surface area contributed by atoms with Crippen molar-refractivity contribution in [1.82, 2.24) is 4.90 Å². The fourth-order valence-corrected chi connectivity index (χ4v) is 3.93. The number of rotatable bonds is 6. The van der Waals surface area contributed by atoms with Crippen LogP contribution in [-0.4, -0.2) is 36.4 Å². The molecule has 2 aromatic carbocycles. The van der Waals surface area contributed by atoms with E-state index in [1.165, 1.54) is 0 Å².